The smallest absolute Gasteiger partial charge is 0.323 e. The third-order valence-corrected chi connectivity index (χ3v) is 9.35. The minimum Gasteiger partial charge on any atom is -0.490 e. The predicted molar refractivity (Wildman–Crippen MR) is 194 cm³/mol. The van der Waals surface area contributed by atoms with Gasteiger partial charge in [-0.1, -0.05) is 163 Å². The lowest BCUT2D eigenvalue weighted by atomic mass is 9.77. The molecular formula is C42H64O5. The van der Waals surface area contributed by atoms with Gasteiger partial charge in [-0.25, -0.2) is 0 Å². The zero-order valence-corrected chi connectivity index (χ0v) is 30.8. The number of hydrogen-bond donors (Lipinski definition) is 0. The van der Waals surface area contributed by atoms with Crippen molar-refractivity contribution >= 4 is 11.9 Å². The molecule has 262 valence electrons. The number of carbonyl (C=O) groups is 2. The lowest BCUT2D eigenvalue weighted by Crippen LogP contribution is -2.17. The molecule has 2 aromatic rings. The minimum absolute atomic E-state index is 0.0572. The predicted octanol–water partition coefficient (Wildman–Crippen LogP) is 11.5. The van der Waals surface area contributed by atoms with Crippen LogP contribution in [0.2, 0.25) is 0 Å². The van der Waals surface area contributed by atoms with Gasteiger partial charge >= 0.3 is 11.9 Å². The monoisotopic (exact) mass is 648 g/mol. The van der Waals surface area contributed by atoms with E-state index in [1.165, 1.54) is 89.0 Å². The van der Waals surface area contributed by atoms with Gasteiger partial charge < -0.3 is 14.2 Å². The third-order valence-electron chi connectivity index (χ3n) is 9.35. The molecule has 0 spiro atoms. The second-order valence-corrected chi connectivity index (χ2v) is 15.6. The Labute approximate surface area is 286 Å². The molecule has 47 heavy (non-hydrogen) atoms. The number of unbranched alkanes of at least 4 members (excludes halogenated alkanes) is 14. The standard InChI is InChI=1S/C42H64O5/c1-8-9-10-11-12-13-14-15-16-17-18-19-20-21-22-23-37(43)46-29-28-45-34-26-24-32(25-27-34)38-35-30-33(41(2,3)4)31-36(42(5,6)7)39(35)47-40(38)44/h24-27,30-31,38H,8-23,28-29H2,1-7H3. The molecule has 2 aromatic carbocycles. The molecule has 5 nitrogen and oxygen atoms in total. The fourth-order valence-corrected chi connectivity index (χ4v) is 6.36. The molecule has 5 heteroatoms. The van der Waals surface area contributed by atoms with Crippen LogP contribution < -0.4 is 9.47 Å². The Morgan fingerprint density at radius 2 is 1.23 bits per heavy atom. The molecule has 0 aliphatic carbocycles. The van der Waals surface area contributed by atoms with E-state index in [4.69, 9.17) is 14.2 Å². The fraction of sp³-hybridized carbons (Fsp3) is 0.667. The molecule has 1 unspecified atom stereocenters. The van der Waals surface area contributed by atoms with Gasteiger partial charge in [0.15, 0.2) is 0 Å². The average molecular weight is 649 g/mol. The molecular weight excluding hydrogens is 584 g/mol. The molecule has 1 atom stereocenters. The van der Waals surface area contributed by atoms with Crippen LogP contribution in [0.3, 0.4) is 0 Å². The van der Waals surface area contributed by atoms with Crippen molar-refractivity contribution in [2.45, 2.75) is 168 Å². The first-order valence-corrected chi connectivity index (χ1v) is 18.7. The summed E-state index contributed by atoms with van der Waals surface area (Å²) in [4.78, 5) is 25.3. The van der Waals surface area contributed by atoms with Crippen molar-refractivity contribution in [3.63, 3.8) is 0 Å². The lowest BCUT2D eigenvalue weighted by molar-refractivity contribution is -0.144. The van der Waals surface area contributed by atoms with Crippen LogP contribution in [0.25, 0.3) is 0 Å². The summed E-state index contributed by atoms with van der Waals surface area (Å²) >= 11 is 0. The molecule has 0 saturated heterocycles. The molecule has 0 aromatic heterocycles. The minimum atomic E-state index is -0.469. The maximum atomic E-state index is 13.2. The Hall–Kier alpha value is -2.82. The second-order valence-electron chi connectivity index (χ2n) is 15.6. The number of fused-ring (bicyclic) bond motifs is 1. The summed E-state index contributed by atoms with van der Waals surface area (Å²) in [5, 5.41) is 0. The maximum Gasteiger partial charge on any atom is 0.323 e. The number of carbonyl (C=O) groups excluding carboxylic acids is 2. The second kappa shape index (κ2) is 19.2. The largest absolute Gasteiger partial charge is 0.490 e. The number of hydrogen-bond acceptors (Lipinski definition) is 5. The van der Waals surface area contributed by atoms with Crippen molar-refractivity contribution in [3.05, 3.63) is 58.7 Å². The summed E-state index contributed by atoms with van der Waals surface area (Å²) in [5.74, 6) is 0.514. The quantitative estimate of drug-likeness (QED) is 0.0766. The highest BCUT2D eigenvalue weighted by Crippen LogP contribution is 2.47. The normalized spacial score (nSPS) is 14.6. The van der Waals surface area contributed by atoms with Gasteiger partial charge in [0.1, 0.15) is 30.6 Å². The van der Waals surface area contributed by atoms with Crippen LogP contribution in [0.15, 0.2) is 36.4 Å². The highest BCUT2D eigenvalue weighted by molar-refractivity contribution is 5.90. The zero-order chi connectivity index (χ0) is 34.3. The maximum absolute atomic E-state index is 13.2. The Balaban J connectivity index is 1.31. The van der Waals surface area contributed by atoms with Crippen LogP contribution >= 0.6 is 0 Å². The van der Waals surface area contributed by atoms with Crippen molar-refractivity contribution in [1.82, 2.24) is 0 Å². The topological polar surface area (TPSA) is 61.8 Å². The zero-order valence-electron chi connectivity index (χ0n) is 30.8. The number of esters is 2. The van der Waals surface area contributed by atoms with Crippen LogP contribution in [0.5, 0.6) is 11.5 Å². The van der Waals surface area contributed by atoms with Gasteiger partial charge in [0, 0.05) is 17.5 Å². The molecule has 1 heterocycles. The van der Waals surface area contributed by atoms with Crippen LogP contribution in [-0.2, 0) is 25.2 Å². The van der Waals surface area contributed by atoms with Crippen molar-refractivity contribution in [2.24, 2.45) is 0 Å². The average Bonchev–Trinajstić information content (AvgIpc) is 3.35. The van der Waals surface area contributed by atoms with E-state index >= 15 is 0 Å². The number of benzene rings is 2. The highest BCUT2D eigenvalue weighted by atomic mass is 16.6. The summed E-state index contributed by atoms with van der Waals surface area (Å²) in [6.07, 6.45) is 20.1. The van der Waals surface area contributed by atoms with Crippen molar-refractivity contribution < 1.29 is 23.8 Å². The summed E-state index contributed by atoms with van der Waals surface area (Å²) in [5.41, 5.74) is 3.85. The first kappa shape index (κ1) is 38.6. The summed E-state index contributed by atoms with van der Waals surface area (Å²) in [6.45, 7) is 15.8. The van der Waals surface area contributed by atoms with Crippen LogP contribution in [0.4, 0.5) is 0 Å². The van der Waals surface area contributed by atoms with E-state index in [9.17, 15) is 9.59 Å². The SMILES string of the molecule is CCCCCCCCCCCCCCCCCC(=O)OCCOc1ccc(C2C(=O)Oc3c2cc(C(C)(C)C)cc3C(C)(C)C)cc1. The number of ether oxygens (including phenoxy) is 3. The van der Waals surface area contributed by atoms with Gasteiger partial charge in [0.25, 0.3) is 0 Å². The Morgan fingerprint density at radius 3 is 1.74 bits per heavy atom. The summed E-state index contributed by atoms with van der Waals surface area (Å²) in [7, 11) is 0. The molecule has 1 aliphatic rings. The fourth-order valence-electron chi connectivity index (χ4n) is 6.36. The van der Waals surface area contributed by atoms with E-state index in [0.29, 0.717) is 24.5 Å². The van der Waals surface area contributed by atoms with E-state index in [2.05, 4.69) is 60.6 Å². The first-order chi connectivity index (χ1) is 22.4. The van der Waals surface area contributed by atoms with E-state index in [-0.39, 0.29) is 29.4 Å². The van der Waals surface area contributed by atoms with Crippen LogP contribution in [-0.4, -0.2) is 25.2 Å². The van der Waals surface area contributed by atoms with E-state index < -0.39 is 5.92 Å². The van der Waals surface area contributed by atoms with Crippen molar-refractivity contribution in [3.8, 4) is 11.5 Å². The van der Waals surface area contributed by atoms with Gasteiger partial charge in [-0.3, -0.25) is 9.59 Å². The van der Waals surface area contributed by atoms with Crippen LogP contribution in [0, 0.1) is 0 Å². The summed E-state index contributed by atoms with van der Waals surface area (Å²) in [6, 6.07) is 11.9. The third kappa shape index (κ3) is 13.0. The van der Waals surface area contributed by atoms with E-state index in [1.54, 1.807) is 0 Å². The van der Waals surface area contributed by atoms with Crippen molar-refractivity contribution in [1.29, 1.82) is 0 Å². The molecule has 1 aliphatic heterocycles. The summed E-state index contributed by atoms with van der Waals surface area (Å²) < 4.78 is 17.1. The van der Waals surface area contributed by atoms with Gasteiger partial charge in [-0.2, -0.15) is 0 Å². The van der Waals surface area contributed by atoms with Gasteiger partial charge in [-0.05, 0) is 40.5 Å². The van der Waals surface area contributed by atoms with Gasteiger partial charge in [0.05, 0.1) is 0 Å². The highest BCUT2D eigenvalue weighted by Gasteiger charge is 2.39. The first-order valence-electron chi connectivity index (χ1n) is 18.7. The van der Waals surface area contributed by atoms with E-state index in [1.807, 2.05) is 24.3 Å². The Bertz CT molecular complexity index is 1230. The molecule has 0 bridgehead atoms. The molecule has 0 N–H and O–H groups in total. The molecule has 0 fully saturated rings. The molecule has 0 radical (unpaired) electrons. The molecule has 0 saturated carbocycles. The Morgan fingerprint density at radius 1 is 0.702 bits per heavy atom. The number of rotatable bonds is 21. The van der Waals surface area contributed by atoms with Crippen LogP contribution in [0.1, 0.15) is 179 Å². The Kier molecular flexibility index (Phi) is 15.8. The molecule has 0 amide bonds. The van der Waals surface area contributed by atoms with Gasteiger partial charge in [0.2, 0.25) is 0 Å². The lowest BCUT2D eigenvalue weighted by Gasteiger charge is -2.27. The van der Waals surface area contributed by atoms with Gasteiger partial charge in [-0.15, -0.1) is 0 Å². The van der Waals surface area contributed by atoms with Crippen molar-refractivity contribution in [2.75, 3.05) is 13.2 Å². The van der Waals surface area contributed by atoms with E-state index in [0.717, 1.165) is 29.5 Å². The molecule has 3 rings (SSSR count).